The quantitative estimate of drug-likeness (QED) is 0.0604. The molecule has 0 bridgehead atoms. The molecule has 43 heavy (non-hydrogen) atoms. The second-order valence-corrected chi connectivity index (χ2v) is 14.0. The molecule has 2 saturated heterocycles. The lowest BCUT2D eigenvalue weighted by Gasteiger charge is -2.38. The maximum Gasteiger partial charge on any atom is 0.330 e. The van der Waals surface area contributed by atoms with Crippen molar-refractivity contribution in [1.29, 1.82) is 0 Å². The van der Waals surface area contributed by atoms with Crippen molar-refractivity contribution >= 4 is 38.2 Å². The standard InChI is InChI=1S/C30H44N2O9S2/c1-16(11-21-27(37)26(36)19(14-40-21)13-22-28(41-22)17(2)18(3)33)12-24(35)39-10-8-6-4-5-7-9-23(34)32-25-29-20(15-42-43-29)31-30(25)38/h12,15,17-19,21-22,26-28,33,36-37H,4-11,13-14H2,1-3H3,(H,31,38)(H,32,34)/b16-12+/t17-,18-,19-,21-,22-,26+,27-,28-/m0/s1. The van der Waals surface area contributed by atoms with Crippen LogP contribution in [-0.2, 0) is 23.8 Å². The van der Waals surface area contributed by atoms with Gasteiger partial charge in [-0.05, 0) is 39.5 Å². The van der Waals surface area contributed by atoms with Crippen LogP contribution >= 0.6 is 20.7 Å². The smallest absolute Gasteiger partial charge is 0.330 e. The number of amides is 1. The van der Waals surface area contributed by atoms with Crippen molar-refractivity contribution in [2.45, 2.75) is 109 Å². The van der Waals surface area contributed by atoms with Crippen LogP contribution in [0.1, 0.15) is 72.1 Å². The van der Waals surface area contributed by atoms with Gasteiger partial charge in [0.1, 0.15) is 11.8 Å². The summed E-state index contributed by atoms with van der Waals surface area (Å²) in [5, 5.41) is 35.7. The van der Waals surface area contributed by atoms with E-state index in [9.17, 15) is 29.7 Å². The number of epoxide rings is 1. The summed E-state index contributed by atoms with van der Waals surface area (Å²) in [6.07, 6.45) is 3.43. The molecule has 0 spiro atoms. The van der Waals surface area contributed by atoms with E-state index in [-0.39, 0.29) is 42.1 Å². The number of carbonyl (C=O) groups excluding carboxylic acids is 2. The maximum absolute atomic E-state index is 12.2. The minimum Gasteiger partial charge on any atom is -0.463 e. The molecule has 4 aliphatic heterocycles. The zero-order chi connectivity index (χ0) is 31.1. The second-order valence-electron chi connectivity index (χ2n) is 11.9. The number of aromatic amines is 1. The Morgan fingerprint density at radius 1 is 1.16 bits per heavy atom. The molecule has 0 aliphatic carbocycles. The summed E-state index contributed by atoms with van der Waals surface area (Å²) in [5.41, 5.74) is 1.51. The predicted molar refractivity (Wildman–Crippen MR) is 164 cm³/mol. The summed E-state index contributed by atoms with van der Waals surface area (Å²) in [4.78, 5) is 40.0. The number of carbonyl (C=O) groups is 2. The van der Waals surface area contributed by atoms with Crippen LogP contribution in [0.4, 0.5) is 5.69 Å². The van der Waals surface area contributed by atoms with Crippen molar-refractivity contribution in [2.75, 3.05) is 18.5 Å². The van der Waals surface area contributed by atoms with Gasteiger partial charge in [0.15, 0.2) is 0 Å². The van der Waals surface area contributed by atoms with Crippen LogP contribution in [-0.4, -0.2) is 82.0 Å². The summed E-state index contributed by atoms with van der Waals surface area (Å²) in [5.74, 6) is -0.877. The molecule has 0 radical (unpaired) electrons. The summed E-state index contributed by atoms with van der Waals surface area (Å²) >= 11 is 0. The number of nitrogens with one attached hydrogen (secondary N) is 2. The highest BCUT2D eigenvalue weighted by atomic mass is 32.9. The molecule has 4 rings (SSSR count). The van der Waals surface area contributed by atoms with Crippen molar-refractivity contribution in [3.8, 4) is 10.6 Å². The largest absolute Gasteiger partial charge is 0.463 e. The van der Waals surface area contributed by atoms with E-state index in [0.717, 1.165) is 29.8 Å². The first kappa shape index (κ1) is 33.8. The number of hydrogen-bond donors (Lipinski definition) is 5. The normalized spacial score (nSPS) is 27.2. The Morgan fingerprint density at radius 3 is 2.67 bits per heavy atom. The maximum atomic E-state index is 12.2. The fourth-order valence-electron chi connectivity index (χ4n) is 5.51. The van der Waals surface area contributed by atoms with Crippen LogP contribution in [0, 0.1) is 11.8 Å². The number of aromatic nitrogens is 1. The molecule has 0 aromatic carbocycles. The molecule has 4 heterocycles. The molecule has 240 valence electrons. The molecular weight excluding hydrogens is 596 g/mol. The third-order valence-corrected chi connectivity index (χ3v) is 10.5. The average molecular weight is 641 g/mol. The van der Waals surface area contributed by atoms with Gasteiger partial charge in [-0.3, -0.25) is 9.59 Å². The molecule has 13 heteroatoms. The van der Waals surface area contributed by atoms with Crippen molar-refractivity contribution in [3.05, 3.63) is 27.4 Å². The van der Waals surface area contributed by atoms with Crippen molar-refractivity contribution in [1.82, 2.24) is 4.98 Å². The third kappa shape index (κ3) is 9.43. The van der Waals surface area contributed by atoms with Gasteiger partial charge in [-0.2, -0.15) is 0 Å². The Labute approximate surface area is 259 Å². The molecule has 0 saturated carbocycles. The van der Waals surface area contributed by atoms with Crippen LogP contribution in [0.25, 0.3) is 10.6 Å². The number of aliphatic hydroxyl groups excluding tert-OH is 3. The highest BCUT2D eigenvalue weighted by molar-refractivity contribution is 7.70. The number of esters is 1. The van der Waals surface area contributed by atoms with E-state index in [2.05, 4.69) is 10.3 Å². The van der Waals surface area contributed by atoms with E-state index >= 15 is 0 Å². The van der Waals surface area contributed by atoms with E-state index in [4.69, 9.17) is 14.2 Å². The van der Waals surface area contributed by atoms with Gasteiger partial charge in [-0.1, -0.05) is 52.4 Å². The number of H-pyrrole nitrogens is 1. The summed E-state index contributed by atoms with van der Waals surface area (Å²) in [7, 11) is 2.97. The van der Waals surface area contributed by atoms with Gasteiger partial charge in [0, 0.05) is 29.7 Å². The minimum absolute atomic E-state index is 0.00597. The Bertz CT molecular complexity index is 1250. The molecule has 5 N–H and O–H groups in total. The first-order valence-electron chi connectivity index (χ1n) is 15.1. The zero-order valence-electron chi connectivity index (χ0n) is 25.0. The number of hydrogen-bond acceptors (Lipinski definition) is 11. The van der Waals surface area contributed by atoms with Crippen molar-refractivity contribution in [3.63, 3.8) is 0 Å². The third-order valence-electron chi connectivity index (χ3n) is 8.36. The predicted octanol–water partition coefficient (Wildman–Crippen LogP) is 3.67. The van der Waals surface area contributed by atoms with Gasteiger partial charge in [-0.25, -0.2) is 4.79 Å². The summed E-state index contributed by atoms with van der Waals surface area (Å²) in [6, 6.07) is 0. The van der Waals surface area contributed by atoms with Gasteiger partial charge >= 0.3 is 5.97 Å². The monoisotopic (exact) mass is 640 g/mol. The number of rotatable bonds is 16. The second kappa shape index (κ2) is 15.7. The molecule has 8 atom stereocenters. The average Bonchev–Trinajstić information content (AvgIpc) is 3.47. The van der Waals surface area contributed by atoms with E-state index in [1.807, 2.05) is 12.3 Å². The van der Waals surface area contributed by atoms with Crippen LogP contribution in [0.5, 0.6) is 0 Å². The fraction of sp³-hybridized carbons (Fsp3) is 0.700. The lowest BCUT2D eigenvalue weighted by molar-refractivity contribution is -0.165. The molecule has 0 unspecified atom stereocenters. The van der Waals surface area contributed by atoms with Crippen LogP contribution in [0.3, 0.4) is 0 Å². The van der Waals surface area contributed by atoms with Gasteiger partial charge in [0.2, 0.25) is 5.91 Å². The van der Waals surface area contributed by atoms with E-state index in [0.29, 0.717) is 50.0 Å². The lowest BCUT2D eigenvalue weighted by atomic mass is 9.85. The first-order valence-corrected chi connectivity index (χ1v) is 17.3. The van der Waals surface area contributed by atoms with Gasteiger partial charge < -0.3 is 39.8 Å². The Kier molecular flexibility index (Phi) is 12.4. The van der Waals surface area contributed by atoms with Crippen LogP contribution in [0.15, 0.2) is 21.8 Å². The summed E-state index contributed by atoms with van der Waals surface area (Å²) < 4.78 is 16.8. The zero-order valence-corrected chi connectivity index (χ0v) is 26.6. The molecular formula is C30H44N2O9S2. The van der Waals surface area contributed by atoms with Crippen LogP contribution in [0.2, 0.25) is 0 Å². The summed E-state index contributed by atoms with van der Waals surface area (Å²) in [6.45, 7) is 6.01. The van der Waals surface area contributed by atoms with Crippen molar-refractivity contribution < 1.29 is 39.1 Å². The molecule has 4 aliphatic rings. The van der Waals surface area contributed by atoms with E-state index < -0.39 is 30.4 Å². The first-order chi connectivity index (χ1) is 20.5. The molecule has 2 fully saturated rings. The number of unbranched alkanes of at least 4 members (excludes halogenated alkanes) is 4. The number of fused-ring (bicyclic) bond motifs is 1. The molecule has 0 aromatic rings. The van der Waals surface area contributed by atoms with Crippen LogP contribution < -0.4 is 10.9 Å². The Balaban J connectivity index is 1.04. The van der Waals surface area contributed by atoms with E-state index in [1.165, 1.54) is 26.8 Å². The molecule has 0 aromatic heterocycles. The highest BCUT2D eigenvalue weighted by Gasteiger charge is 2.48. The van der Waals surface area contributed by atoms with Gasteiger partial charge in [0.25, 0.3) is 5.56 Å². The number of aliphatic hydroxyl groups is 3. The lowest BCUT2D eigenvalue weighted by Crippen LogP contribution is -2.50. The van der Waals surface area contributed by atoms with Crippen molar-refractivity contribution in [2.24, 2.45) is 11.8 Å². The minimum atomic E-state index is -1.08. The van der Waals surface area contributed by atoms with Gasteiger partial charge in [-0.15, -0.1) is 0 Å². The molecule has 1 amide bonds. The SMILES string of the molecule is C/C(=C\C(=O)OCCCCCCCC(=O)Nc1c2sscc-2[nH]c1=O)C[C@@H]1OC[C@H](C[C@@H]2O[C@H]2[C@@H](C)[C@H](C)O)[C@@H](O)[C@H]1O. The molecule has 11 nitrogen and oxygen atoms in total. The number of anilines is 1. The highest BCUT2D eigenvalue weighted by Crippen LogP contribution is 2.38. The fourth-order valence-corrected chi connectivity index (χ4v) is 7.67. The van der Waals surface area contributed by atoms with Gasteiger partial charge in [0.05, 0.1) is 54.3 Å². The Morgan fingerprint density at radius 2 is 1.91 bits per heavy atom. The number of ether oxygens (including phenoxy) is 3. The van der Waals surface area contributed by atoms with E-state index in [1.54, 1.807) is 13.8 Å². The topological polar surface area (TPSA) is 171 Å². The Hall–Kier alpha value is -2.13.